The molecule has 1 aliphatic rings. The first-order chi connectivity index (χ1) is 10.9. The van der Waals surface area contributed by atoms with Crippen LogP contribution in [0.15, 0.2) is 41.1 Å². The van der Waals surface area contributed by atoms with Crippen molar-refractivity contribution in [2.24, 2.45) is 0 Å². The van der Waals surface area contributed by atoms with Gasteiger partial charge in [-0.05, 0) is 37.6 Å². The summed E-state index contributed by atoms with van der Waals surface area (Å²) in [5, 5.41) is 0. The third-order valence-corrected chi connectivity index (χ3v) is 5.72. The van der Waals surface area contributed by atoms with E-state index in [1.165, 1.54) is 12.5 Å². The lowest BCUT2D eigenvalue weighted by Crippen LogP contribution is -2.40. The summed E-state index contributed by atoms with van der Waals surface area (Å²) in [7, 11) is -3.08. The second-order valence-corrected chi connectivity index (χ2v) is 7.99. The van der Waals surface area contributed by atoms with Gasteiger partial charge in [0.05, 0.1) is 29.9 Å². The SMILES string of the molecule is Cc1ccc(C(=O)N(Cc2ccco2)[C@H]2CCS(=O)(=O)C2)cn1. The number of carbonyl (C=O) groups is 1. The number of hydrogen-bond acceptors (Lipinski definition) is 5. The smallest absolute Gasteiger partial charge is 0.256 e. The molecule has 122 valence electrons. The summed E-state index contributed by atoms with van der Waals surface area (Å²) in [6, 6.07) is 6.67. The molecule has 1 saturated heterocycles. The Kier molecular flexibility index (Phi) is 4.21. The Bertz CT molecular complexity index is 782. The number of rotatable bonds is 4. The molecule has 0 spiro atoms. The Morgan fingerprint density at radius 1 is 1.39 bits per heavy atom. The van der Waals surface area contributed by atoms with Crippen LogP contribution in [-0.4, -0.2) is 41.8 Å². The van der Waals surface area contributed by atoms with Crippen molar-refractivity contribution in [3.8, 4) is 0 Å². The van der Waals surface area contributed by atoms with E-state index < -0.39 is 9.84 Å². The third-order valence-electron chi connectivity index (χ3n) is 3.97. The number of hydrogen-bond donors (Lipinski definition) is 0. The van der Waals surface area contributed by atoms with Gasteiger partial charge < -0.3 is 9.32 Å². The van der Waals surface area contributed by atoms with Crippen molar-refractivity contribution in [3.05, 3.63) is 53.7 Å². The Balaban J connectivity index is 1.88. The molecule has 0 saturated carbocycles. The van der Waals surface area contributed by atoms with Crippen molar-refractivity contribution in [1.82, 2.24) is 9.88 Å². The van der Waals surface area contributed by atoms with Crippen molar-refractivity contribution in [2.45, 2.75) is 25.9 Å². The van der Waals surface area contributed by atoms with Gasteiger partial charge in [-0.25, -0.2) is 8.42 Å². The van der Waals surface area contributed by atoms with Gasteiger partial charge in [0.15, 0.2) is 9.84 Å². The zero-order chi connectivity index (χ0) is 16.4. The second-order valence-electron chi connectivity index (χ2n) is 5.76. The molecular weight excluding hydrogens is 316 g/mol. The number of aromatic nitrogens is 1. The van der Waals surface area contributed by atoms with Crippen molar-refractivity contribution >= 4 is 15.7 Å². The lowest BCUT2D eigenvalue weighted by molar-refractivity contribution is 0.0665. The summed E-state index contributed by atoms with van der Waals surface area (Å²) in [6.45, 7) is 2.10. The van der Waals surface area contributed by atoms with Crippen LogP contribution in [0.2, 0.25) is 0 Å². The maximum Gasteiger partial charge on any atom is 0.256 e. The van der Waals surface area contributed by atoms with Gasteiger partial charge in [0.1, 0.15) is 5.76 Å². The molecule has 1 fully saturated rings. The van der Waals surface area contributed by atoms with E-state index in [0.717, 1.165) is 5.69 Å². The minimum atomic E-state index is -3.08. The highest BCUT2D eigenvalue weighted by Gasteiger charge is 2.35. The lowest BCUT2D eigenvalue weighted by Gasteiger charge is -2.27. The number of furan rings is 1. The molecule has 2 aromatic rings. The average molecular weight is 334 g/mol. The molecule has 0 bridgehead atoms. The standard InChI is InChI=1S/C16H18N2O4S/c1-12-4-5-13(9-17-12)16(19)18(10-15-3-2-7-22-15)14-6-8-23(20,21)11-14/h2-5,7,9,14H,6,8,10-11H2,1H3/t14-/m0/s1. The summed E-state index contributed by atoms with van der Waals surface area (Å²) in [5.41, 5.74) is 1.27. The minimum absolute atomic E-state index is 0.00125. The molecule has 6 nitrogen and oxygen atoms in total. The van der Waals surface area contributed by atoms with E-state index in [-0.39, 0.29) is 30.0 Å². The monoisotopic (exact) mass is 334 g/mol. The predicted molar refractivity (Wildman–Crippen MR) is 84.6 cm³/mol. The van der Waals surface area contributed by atoms with Crippen LogP contribution >= 0.6 is 0 Å². The summed E-state index contributed by atoms with van der Waals surface area (Å²) in [5.74, 6) is 0.517. The molecule has 1 amide bonds. The molecular formula is C16H18N2O4S. The van der Waals surface area contributed by atoms with Crippen LogP contribution < -0.4 is 0 Å². The van der Waals surface area contributed by atoms with Crippen LogP contribution in [0.3, 0.4) is 0 Å². The molecule has 0 N–H and O–H groups in total. The van der Waals surface area contributed by atoms with Gasteiger partial charge in [-0.15, -0.1) is 0 Å². The van der Waals surface area contributed by atoms with E-state index in [2.05, 4.69) is 4.98 Å². The molecule has 7 heteroatoms. The van der Waals surface area contributed by atoms with Crippen LogP contribution in [0.1, 0.15) is 28.2 Å². The zero-order valence-corrected chi connectivity index (χ0v) is 13.6. The van der Waals surface area contributed by atoms with Gasteiger partial charge in [0.25, 0.3) is 5.91 Å². The molecule has 0 aromatic carbocycles. The number of aryl methyl sites for hydroxylation is 1. The number of carbonyl (C=O) groups excluding carboxylic acids is 1. The molecule has 3 rings (SSSR count). The fourth-order valence-electron chi connectivity index (χ4n) is 2.72. The zero-order valence-electron chi connectivity index (χ0n) is 12.8. The maximum atomic E-state index is 12.8. The van der Waals surface area contributed by atoms with E-state index in [1.54, 1.807) is 29.2 Å². The quantitative estimate of drug-likeness (QED) is 0.852. The molecule has 0 radical (unpaired) electrons. The number of amides is 1. The normalized spacial score (nSPS) is 19.6. The van der Waals surface area contributed by atoms with Crippen molar-refractivity contribution in [1.29, 1.82) is 0 Å². The van der Waals surface area contributed by atoms with Crippen LogP contribution in [0.5, 0.6) is 0 Å². The summed E-state index contributed by atoms with van der Waals surface area (Å²) >= 11 is 0. The van der Waals surface area contributed by atoms with Gasteiger partial charge >= 0.3 is 0 Å². The summed E-state index contributed by atoms with van der Waals surface area (Å²) in [4.78, 5) is 18.6. The minimum Gasteiger partial charge on any atom is -0.467 e. The van der Waals surface area contributed by atoms with Gasteiger partial charge in [-0.3, -0.25) is 9.78 Å². The number of sulfone groups is 1. The second kappa shape index (κ2) is 6.16. The first-order valence-electron chi connectivity index (χ1n) is 7.41. The molecule has 0 aliphatic carbocycles. The highest BCUT2D eigenvalue weighted by Crippen LogP contribution is 2.22. The first-order valence-corrected chi connectivity index (χ1v) is 9.23. The van der Waals surface area contributed by atoms with Crippen LogP contribution in [0.4, 0.5) is 0 Å². The molecule has 0 unspecified atom stereocenters. The number of nitrogens with zero attached hydrogens (tertiary/aromatic N) is 2. The maximum absolute atomic E-state index is 12.8. The molecule has 2 aromatic heterocycles. The molecule has 1 atom stereocenters. The Morgan fingerprint density at radius 2 is 2.22 bits per heavy atom. The molecule has 23 heavy (non-hydrogen) atoms. The Morgan fingerprint density at radius 3 is 2.78 bits per heavy atom. The fourth-order valence-corrected chi connectivity index (χ4v) is 4.45. The van der Waals surface area contributed by atoms with Gasteiger partial charge in [-0.1, -0.05) is 0 Å². The van der Waals surface area contributed by atoms with E-state index >= 15 is 0 Å². The molecule has 1 aliphatic heterocycles. The largest absolute Gasteiger partial charge is 0.467 e. The van der Waals surface area contributed by atoms with Crippen molar-refractivity contribution in [2.75, 3.05) is 11.5 Å². The van der Waals surface area contributed by atoms with E-state index in [0.29, 0.717) is 17.7 Å². The van der Waals surface area contributed by atoms with E-state index in [4.69, 9.17) is 4.42 Å². The Hall–Kier alpha value is -2.15. The van der Waals surface area contributed by atoms with Crippen LogP contribution in [0.25, 0.3) is 0 Å². The fraction of sp³-hybridized carbons (Fsp3) is 0.375. The first kappa shape index (κ1) is 15.7. The lowest BCUT2D eigenvalue weighted by atomic mass is 10.1. The van der Waals surface area contributed by atoms with Crippen LogP contribution in [-0.2, 0) is 16.4 Å². The van der Waals surface area contributed by atoms with Crippen molar-refractivity contribution < 1.29 is 17.6 Å². The third kappa shape index (κ3) is 3.61. The highest BCUT2D eigenvalue weighted by molar-refractivity contribution is 7.91. The highest BCUT2D eigenvalue weighted by atomic mass is 32.2. The summed E-state index contributed by atoms with van der Waals surface area (Å²) < 4.78 is 28.9. The van der Waals surface area contributed by atoms with Gasteiger partial charge in [0.2, 0.25) is 0 Å². The van der Waals surface area contributed by atoms with E-state index in [9.17, 15) is 13.2 Å². The predicted octanol–water partition coefficient (Wildman–Crippen LogP) is 1.81. The number of pyridine rings is 1. The van der Waals surface area contributed by atoms with Gasteiger partial charge in [-0.2, -0.15) is 0 Å². The Labute approximate surface area is 135 Å². The van der Waals surface area contributed by atoms with E-state index in [1.807, 2.05) is 6.92 Å². The summed E-state index contributed by atoms with van der Waals surface area (Å²) in [6.07, 6.45) is 3.52. The van der Waals surface area contributed by atoms with Crippen molar-refractivity contribution in [3.63, 3.8) is 0 Å². The average Bonchev–Trinajstić information content (AvgIpc) is 3.14. The topological polar surface area (TPSA) is 80.5 Å². The molecule has 3 heterocycles. The van der Waals surface area contributed by atoms with Crippen LogP contribution in [0, 0.1) is 6.92 Å². The van der Waals surface area contributed by atoms with Gasteiger partial charge in [0, 0.05) is 17.9 Å².